The van der Waals surface area contributed by atoms with Crippen LogP contribution in [0.3, 0.4) is 0 Å². The number of rotatable bonds is 7. The van der Waals surface area contributed by atoms with E-state index in [1.54, 1.807) is 14.2 Å². The quantitative estimate of drug-likeness (QED) is 0.722. The van der Waals surface area contributed by atoms with Gasteiger partial charge in [0.05, 0.1) is 13.7 Å². The van der Waals surface area contributed by atoms with E-state index in [0.29, 0.717) is 30.5 Å². The second kappa shape index (κ2) is 7.14. The van der Waals surface area contributed by atoms with Crippen LogP contribution in [0.5, 0.6) is 11.5 Å². The minimum absolute atomic E-state index is 0.0257. The van der Waals surface area contributed by atoms with Gasteiger partial charge < -0.3 is 14.2 Å². The number of hydrogen-bond donors (Lipinski definition) is 0. The zero-order valence-corrected chi connectivity index (χ0v) is 14.0. The smallest absolute Gasteiger partial charge is 0.161 e. The number of ether oxygens (including phenoxy) is 3. The van der Waals surface area contributed by atoms with E-state index in [2.05, 4.69) is 0 Å². The van der Waals surface area contributed by atoms with E-state index in [1.807, 2.05) is 32.0 Å². The molecule has 0 heterocycles. The molecule has 2 rings (SSSR count). The third-order valence-electron chi connectivity index (χ3n) is 4.38. The maximum absolute atomic E-state index is 12.5. The Kier molecular flexibility index (Phi) is 5.46. The van der Waals surface area contributed by atoms with Gasteiger partial charge in [0.2, 0.25) is 0 Å². The zero-order chi connectivity index (χ0) is 16.2. The second-order valence-corrected chi connectivity index (χ2v) is 6.44. The normalized spacial score (nSPS) is 20.2. The molecule has 1 aliphatic rings. The summed E-state index contributed by atoms with van der Waals surface area (Å²) < 4.78 is 16.2. The number of carbonyl (C=O) groups excluding carboxylic acids is 1. The molecule has 1 fully saturated rings. The molecule has 0 spiro atoms. The molecule has 0 bridgehead atoms. The van der Waals surface area contributed by atoms with Gasteiger partial charge in [-0.2, -0.15) is 0 Å². The summed E-state index contributed by atoms with van der Waals surface area (Å²) in [5.74, 6) is 1.70. The van der Waals surface area contributed by atoms with Gasteiger partial charge in [0.25, 0.3) is 0 Å². The number of benzene rings is 1. The van der Waals surface area contributed by atoms with Crippen molar-refractivity contribution in [3.63, 3.8) is 0 Å². The monoisotopic (exact) mass is 306 g/mol. The summed E-state index contributed by atoms with van der Waals surface area (Å²) >= 11 is 0. The van der Waals surface area contributed by atoms with Gasteiger partial charge >= 0.3 is 0 Å². The molecule has 4 nitrogen and oxygen atoms in total. The number of carbonyl (C=O) groups is 1. The van der Waals surface area contributed by atoms with Crippen molar-refractivity contribution in [1.29, 1.82) is 0 Å². The lowest BCUT2D eigenvalue weighted by atomic mass is 9.87. The van der Waals surface area contributed by atoms with Crippen LogP contribution in [-0.4, -0.2) is 33.2 Å². The van der Waals surface area contributed by atoms with Gasteiger partial charge in [-0.05, 0) is 30.5 Å². The maximum atomic E-state index is 12.5. The molecule has 4 heteroatoms. The van der Waals surface area contributed by atoms with Crippen LogP contribution in [0.4, 0.5) is 0 Å². The summed E-state index contributed by atoms with van der Waals surface area (Å²) in [6.45, 7) is 5.29. The highest BCUT2D eigenvalue weighted by Crippen LogP contribution is 2.44. The molecular weight excluding hydrogens is 280 g/mol. The Bertz CT molecular complexity index is 522. The van der Waals surface area contributed by atoms with Crippen molar-refractivity contribution >= 4 is 5.78 Å². The summed E-state index contributed by atoms with van der Waals surface area (Å²) in [6, 6.07) is 5.82. The van der Waals surface area contributed by atoms with Gasteiger partial charge in [-0.15, -0.1) is 0 Å². The topological polar surface area (TPSA) is 44.8 Å². The molecule has 0 N–H and O–H groups in total. The summed E-state index contributed by atoms with van der Waals surface area (Å²) in [5.41, 5.74) is 0.808. The van der Waals surface area contributed by atoms with E-state index in [9.17, 15) is 4.79 Å². The molecule has 1 saturated carbocycles. The summed E-state index contributed by atoms with van der Waals surface area (Å²) in [4.78, 5) is 12.5. The van der Waals surface area contributed by atoms with Gasteiger partial charge in [-0.3, -0.25) is 4.79 Å². The van der Waals surface area contributed by atoms with Crippen molar-refractivity contribution in [2.24, 2.45) is 5.41 Å². The Hall–Kier alpha value is -1.55. The number of Topliss-reactive ketones (excluding diaryl/α,β-unsaturated/α-hetero) is 1. The van der Waals surface area contributed by atoms with E-state index in [1.165, 1.54) is 0 Å². The SMILES string of the molecule is COCCCOc1cc(C2CCC(C)(C)C2=O)ccc1OC. The molecule has 0 aromatic heterocycles. The third kappa shape index (κ3) is 3.61. The fourth-order valence-electron chi connectivity index (χ4n) is 2.96. The second-order valence-electron chi connectivity index (χ2n) is 6.44. The molecule has 1 aromatic rings. The molecule has 1 atom stereocenters. The van der Waals surface area contributed by atoms with Crippen LogP contribution in [0.2, 0.25) is 0 Å². The summed E-state index contributed by atoms with van der Waals surface area (Å²) in [6.07, 6.45) is 2.66. The predicted octanol–water partition coefficient (Wildman–Crippen LogP) is 3.58. The van der Waals surface area contributed by atoms with Gasteiger partial charge in [0, 0.05) is 31.5 Å². The number of ketones is 1. The van der Waals surface area contributed by atoms with Crippen molar-refractivity contribution in [3.05, 3.63) is 23.8 Å². The number of hydrogen-bond acceptors (Lipinski definition) is 4. The summed E-state index contributed by atoms with van der Waals surface area (Å²) in [7, 11) is 3.30. The van der Waals surface area contributed by atoms with Gasteiger partial charge in [-0.25, -0.2) is 0 Å². The van der Waals surface area contributed by atoms with Crippen LogP contribution in [-0.2, 0) is 9.53 Å². The highest BCUT2D eigenvalue weighted by atomic mass is 16.5. The Labute approximate surface area is 132 Å². The van der Waals surface area contributed by atoms with E-state index in [0.717, 1.165) is 24.8 Å². The fraction of sp³-hybridized carbons (Fsp3) is 0.611. The Morgan fingerprint density at radius 1 is 1.18 bits per heavy atom. The van der Waals surface area contributed by atoms with E-state index in [4.69, 9.17) is 14.2 Å². The van der Waals surface area contributed by atoms with Gasteiger partial charge in [0.1, 0.15) is 5.78 Å². The first-order chi connectivity index (χ1) is 10.5. The number of methoxy groups -OCH3 is 2. The van der Waals surface area contributed by atoms with E-state index in [-0.39, 0.29) is 11.3 Å². The summed E-state index contributed by atoms with van der Waals surface area (Å²) in [5, 5.41) is 0. The lowest BCUT2D eigenvalue weighted by Crippen LogP contribution is -2.20. The Balaban J connectivity index is 2.15. The average Bonchev–Trinajstić information content (AvgIpc) is 2.78. The highest BCUT2D eigenvalue weighted by Gasteiger charge is 2.41. The van der Waals surface area contributed by atoms with E-state index >= 15 is 0 Å². The van der Waals surface area contributed by atoms with Crippen molar-refractivity contribution in [2.45, 2.75) is 39.0 Å². The van der Waals surface area contributed by atoms with Crippen LogP contribution in [0.1, 0.15) is 44.6 Å². The molecule has 0 aliphatic heterocycles. The van der Waals surface area contributed by atoms with Crippen molar-refractivity contribution < 1.29 is 19.0 Å². The first-order valence-electron chi connectivity index (χ1n) is 7.83. The predicted molar refractivity (Wildman–Crippen MR) is 85.7 cm³/mol. The first kappa shape index (κ1) is 16.8. The zero-order valence-electron chi connectivity index (χ0n) is 14.0. The lowest BCUT2D eigenvalue weighted by Gasteiger charge is -2.17. The molecule has 22 heavy (non-hydrogen) atoms. The van der Waals surface area contributed by atoms with Crippen LogP contribution in [0.25, 0.3) is 0 Å². The minimum atomic E-state index is -0.218. The largest absolute Gasteiger partial charge is 0.493 e. The molecular formula is C18H26O4. The maximum Gasteiger partial charge on any atom is 0.161 e. The Morgan fingerprint density at radius 2 is 1.95 bits per heavy atom. The fourth-order valence-corrected chi connectivity index (χ4v) is 2.96. The Morgan fingerprint density at radius 3 is 2.55 bits per heavy atom. The minimum Gasteiger partial charge on any atom is -0.493 e. The van der Waals surface area contributed by atoms with Crippen LogP contribution < -0.4 is 9.47 Å². The molecule has 1 aromatic carbocycles. The van der Waals surface area contributed by atoms with Gasteiger partial charge in [0.15, 0.2) is 11.5 Å². The standard InChI is InChI=1S/C18H26O4/c1-18(2)9-8-14(17(18)19)13-6-7-15(21-4)16(12-13)22-11-5-10-20-3/h6-7,12,14H,5,8-11H2,1-4H3. The molecule has 122 valence electrons. The van der Waals surface area contributed by atoms with E-state index < -0.39 is 0 Å². The van der Waals surface area contributed by atoms with Crippen molar-refractivity contribution in [2.75, 3.05) is 27.4 Å². The molecule has 0 radical (unpaired) electrons. The molecule has 0 amide bonds. The van der Waals surface area contributed by atoms with Crippen LogP contribution >= 0.6 is 0 Å². The highest BCUT2D eigenvalue weighted by molar-refractivity contribution is 5.92. The average molecular weight is 306 g/mol. The lowest BCUT2D eigenvalue weighted by molar-refractivity contribution is -0.125. The molecule has 1 aliphatic carbocycles. The molecule has 0 saturated heterocycles. The first-order valence-corrected chi connectivity index (χ1v) is 7.83. The van der Waals surface area contributed by atoms with Crippen molar-refractivity contribution in [3.8, 4) is 11.5 Å². The molecule has 1 unspecified atom stereocenters. The van der Waals surface area contributed by atoms with Crippen LogP contribution in [0.15, 0.2) is 18.2 Å². The third-order valence-corrected chi connectivity index (χ3v) is 4.38. The van der Waals surface area contributed by atoms with Crippen LogP contribution in [0, 0.1) is 5.41 Å². The van der Waals surface area contributed by atoms with Gasteiger partial charge in [-0.1, -0.05) is 19.9 Å². The van der Waals surface area contributed by atoms with Crippen molar-refractivity contribution in [1.82, 2.24) is 0 Å².